The molecule has 0 unspecified atom stereocenters. The third-order valence-electron chi connectivity index (χ3n) is 4.15. The summed E-state index contributed by atoms with van der Waals surface area (Å²) >= 11 is 0. The van der Waals surface area contributed by atoms with Crippen LogP contribution in [0.5, 0.6) is 5.75 Å². The Balaban J connectivity index is 1.85. The molecule has 1 heterocycles. The van der Waals surface area contributed by atoms with E-state index in [1.807, 2.05) is 7.05 Å². The van der Waals surface area contributed by atoms with Gasteiger partial charge in [0, 0.05) is 39.3 Å². The summed E-state index contributed by atoms with van der Waals surface area (Å²) in [6, 6.07) is 4.43. The van der Waals surface area contributed by atoms with Crippen molar-refractivity contribution in [3.63, 3.8) is 0 Å². The van der Waals surface area contributed by atoms with Gasteiger partial charge in [-0.05, 0) is 44.6 Å². The molecule has 21 heavy (non-hydrogen) atoms. The minimum Gasteiger partial charge on any atom is -0.492 e. The van der Waals surface area contributed by atoms with Crippen molar-refractivity contribution >= 4 is 0 Å². The molecule has 0 saturated carbocycles. The van der Waals surface area contributed by atoms with Crippen molar-refractivity contribution in [1.82, 2.24) is 15.1 Å². The van der Waals surface area contributed by atoms with E-state index in [4.69, 9.17) is 4.74 Å². The van der Waals surface area contributed by atoms with Gasteiger partial charge in [-0.1, -0.05) is 12.1 Å². The summed E-state index contributed by atoms with van der Waals surface area (Å²) in [5.74, 6) is 1.06. The predicted octanol–water partition coefficient (Wildman–Crippen LogP) is 1.65. The Morgan fingerprint density at radius 1 is 1.10 bits per heavy atom. The van der Waals surface area contributed by atoms with Gasteiger partial charge in [0.05, 0.1) is 0 Å². The monoisotopic (exact) mass is 291 g/mol. The molecule has 1 aromatic carbocycles. The molecule has 4 heteroatoms. The fourth-order valence-corrected chi connectivity index (χ4v) is 2.92. The molecule has 0 aliphatic carbocycles. The first-order valence-corrected chi connectivity index (χ1v) is 7.88. The molecule has 0 amide bonds. The van der Waals surface area contributed by atoms with Gasteiger partial charge < -0.3 is 15.0 Å². The van der Waals surface area contributed by atoms with E-state index in [1.165, 1.54) is 16.7 Å². The molecular formula is C17H29N3O. The average Bonchev–Trinajstić information content (AvgIpc) is 2.44. The van der Waals surface area contributed by atoms with Crippen molar-refractivity contribution in [2.45, 2.75) is 20.4 Å². The SMILES string of the molecule is CNCc1cc(C)c(OCCN2CCN(C)CC2)c(C)c1. The summed E-state index contributed by atoms with van der Waals surface area (Å²) in [6.07, 6.45) is 0. The van der Waals surface area contributed by atoms with E-state index in [0.29, 0.717) is 0 Å². The van der Waals surface area contributed by atoms with E-state index in [-0.39, 0.29) is 0 Å². The fraction of sp³-hybridized carbons (Fsp3) is 0.647. The van der Waals surface area contributed by atoms with Crippen LogP contribution < -0.4 is 10.1 Å². The maximum absolute atomic E-state index is 6.05. The number of likely N-dealkylation sites (N-methyl/N-ethyl adjacent to an activating group) is 1. The molecule has 1 aliphatic heterocycles. The van der Waals surface area contributed by atoms with Crippen LogP contribution in [0.4, 0.5) is 0 Å². The number of piperazine rings is 1. The first-order valence-electron chi connectivity index (χ1n) is 7.88. The molecule has 1 saturated heterocycles. The van der Waals surface area contributed by atoms with Crippen molar-refractivity contribution in [3.05, 3.63) is 28.8 Å². The van der Waals surface area contributed by atoms with Crippen LogP contribution in [0, 0.1) is 13.8 Å². The quantitative estimate of drug-likeness (QED) is 0.862. The topological polar surface area (TPSA) is 27.7 Å². The number of hydrogen-bond donors (Lipinski definition) is 1. The molecular weight excluding hydrogens is 262 g/mol. The standard InChI is InChI=1S/C17H29N3O/c1-14-11-16(13-18-3)12-15(2)17(14)21-10-9-20-7-5-19(4)6-8-20/h11-12,18H,5-10,13H2,1-4H3. The lowest BCUT2D eigenvalue weighted by atomic mass is 10.1. The number of rotatable bonds is 6. The van der Waals surface area contributed by atoms with E-state index in [9.17, 15) is 0 Å². The molecule has 0 spiro atoms. The van der Waals surface area contributed by atoms with Crippen molar-refractivity contribution in [3.8, 4) is 5.75 Å². The molecule has 1 N–H and O–H groups in total. The molecule has 0 bridgehead atoms. The average molecular weight is 291 g/mol. The smallest absolute Gasteiger partial charge is 0.125 e. The Morgan fingerprint density at radius 3 is 2.29 bits per heavy atom. The van der Waals surface area contributed by atoms with Gasteiger partial charge in [-0.2, -0.15) is 0 Å². The third-order valence-corrected chi connectivity index (χ3v) is 4.15. The van der Waals surface area contributed by atoms with E-state index < -0.39 is 0 Å². The van der Waals surface area contributed by atoms with Gasteiger partial charge in [-0.25, -0.2) is 0 Å². The second-order valence-corrected chi connectivity index (χ2v) is 6.08. The Morgan fingerprint density at radius 2 is 1.71 bits per heavy atom. The molecule has 0 radical (unpaired) electrons. The zero-order valence-corrected chi connectivity index (χ0v) is 13.9. The lowest BCUT2D eigenvalue weighted by Gasteiger charge is -2.32. The number of ether oxygens (including phenoxy) is 1. The Labute approximate surface area is 129 Å². The lowest BCUT2D eigenvalue weighted by Crippen LogP contribution is -2.45. The fourth-order valence-electron chi connectivity index (χ4n) is 2.92. The molecule has 0 aromatic heterocycles. The van der Waals surface area contributed by atoms with Gasteiger partial charge in [0.2, 0.25) is 0 Å². The van der Waals surface area contributed by atoms with Crippen LogP contribution in [0.3, 0.4) is 0 Å². The van der Waals surface area contributed by atoms with E-state index in [2.05, 4.69) is 48.1 Å². The highest BCUT2D eigenvalue weighted by atomic mass is 16.5. The van der Waals surface area contributed by atoms with Gasteiger partial charge in [-0.3, -0.25) is 4.90 Å². The van der Waals surface area contributed by atoms with Crippen molar-refractivity contribution < 1.29 is 4.74 Å². The highest BCUT2D eigenvalue weighted by Gasteiger charge is 2.14. The minimum atomic E-state index is 0.775. The third kappa shape index (κ3) is 4.70. The van der Waals surface area contributed by atoms with E-state index >= 15 is 0 Å². The van der Waals surface area contributed by atoms with Crippen LogP contribution in [0.15, 0.2) is 12.1 Å². The van der Waals surface area contributed by atoms with Crippen LogP contribution >= 0.6 is 0 Å². The van der Waals surface area contributed by atoms with Gasteiger partial charge in [-0.15, -0.1) is 0 Å². The lowest BCUT2D eigenvalue weighted by molar-refractivity contribution is 0.133. The Kier molecular flexibility index (Phi) is 6.03. The second kappa shape index (κ2) is 7.78. The summed E-state index contributed by atoms with van der Waals surface area (Å²) in [7, 11) is 4.17. The maximum Gasteiger partial charge on any atom is 0.125 e. The van der Waals surface area contributed by atoms with Crippen LogP contribution in [-0.2, 0) is 6.54 Å². The molecule has 1 fully saturated rings. The van der Waals surface area contributed by atoms with Crippen LogP contribution in [0.25, 0.3) is 0 Å². The molecule has 118 valence electrons. The Bertz CT molecular complexity index is 430. The molecule has 1 aliphatic rings. The number of hydrogen-bond acceptors (Lipinski definition) is 4. The molecule has 0 atom stereocenters. The predicted molar refractivity (Wildman–Crippen MR) is 88.1 cm³/mol. The van der Waals surface area contributed by atoms with Crippen LogP contribution in [0.2, 0.25) is 0 Å². The Hall–Kier alpha value is -1.10. The van der Waals surface area contributed by atoms with Crippen molar-refractivity contribution in [1.29, 1.82) is 0 Å². The minimum absolute atomic E-state index is 0.775. The zero-order valence-electron chi connectivity index (χ0n) is 13.9. The molecule has 4 nitrogen and oxygen atoms in total. The van der Waals surface area contributed by atoms with Crippen LogP contribution in [0.1, 0.15) is 16.7 Å². The summed E-state index contributed by atoms with van der Waals surface area (Å²) < 4.78 is 6.05. The zero-order chi connectivity index (χ0) is 15.2. The number of nitrogens with one attached hydrogen (secondary N) is 1. The van der Waals surface area contributed by atoms with Gasteiger partial charge in [0.1, 0.15) is 12.4 Å². The summed E-state index contributed by atoms with van der Waals surface area (Å²) in [4.78, 5) is 4.87. The van der Waals surface area contributed by atoms with Crippen LogP contribution in [-0.4, -0.2) is 63.2 Å². The summed E-state index contributed by atoms with van der Waals surface area (Å²) in [6.45, 7) is 11.6. The number of aryl methyl sites for hydroxylation is 2. The first kappa shape index (κ1) is 16.3. The first-order chi connectivity index (χ1) is 10.1. The normalized spacial score (nSPS) is 17.1. The highest BCUT2D eigenvalue weighted by Crippen LogP contribution is 2.24. The van der Waals surface area contributed by atoms with Gasteiger partial charge in [0.15, 0.2) is 0 Å². The van der Waals surface area contributed by atoms with E-state index in [1.54, 1.807) is 0 Å². The maximum atomic E-state index is 6.05. The number of benzene rings is 1. The van der Waals surface area contributed by atoms with E-state index in [0.717, 1.165) is 51.6 Å². The molecule has 2 rings (SSSR count). The van der Waals surface area contributed by atoms with Gasteiger partial charge >= 0.3 is 0 Å². The second-order valence-electron chi connectivity index (χ2n) is 6.08. The molecule has 1 aromatic rings. The van der Waals surface area contributed by atoms with Crippen molar-refractivity contribution in [2.75, 3.05) is 53.4 Å². The highest BCUT2D eigenvalue weighted by molar-refractivity contribution is 5.43. The summed E-state index contributed by atoms with van der Waals surface area (Å²) in [5, 5.41) is 3.20. The summed E-state index contributed by atoms with van der Waals surface area (Å²) in [5.41, 5.74) is 3.79. The largest absolute Gasteiger partial charge is 0.492 e. The van der Waals surface area contributed by atoms with Crippen molar-refractivity contribution in [2.24, 2.45) is 0 Å². The number of nitrogens with zero attached hydrogens (tertiary/aromatic N) is 2. The van der Waals surface area contributed by atoms with Gasteiger partial charge in [0.25, 0.3) is 0 Å².